The Labute approximate surface area is 87.4 Å². The zero-order chi connectivity index (χ0) is 10.1. The maximum Gasteiger partial charge on any atom is 0.0195 e. The van der Waals surface area contributed by atoms with Gasteiger partial charge in [0.1, 0.15) is 0 Å². The highest BCUT2D eigenvalue weighted by molar-refractivity contribution is 7.99. The SMILES string of the molecule is C=C(C)CC(CSCCC)NCC. The van der Waals surface area contributed by atoms with E-state index in [1.165, 1.54) is 23.5 Å². The van der Waals surface area contributed by atoms with Crippen LogP contribution in [-0.4, -0.2) is 24.1 Å². The Bertz CT molecular complexity index is 134. The van der Waals surface area contributed by atoms with Crippen LogP contribution in [0.25, 0.3) is 0 Å². The lowest BCUT2D eigenvalue weighted by atomic mass is 10.1. The summed E-state index contributed by atoms with van der Waals surface area (Å²) in [6, 6.07) is 0.624. The third-order valence-electron chi connectivity index (χ3n) is 1.76. The van der Waals surface area contributed by atoms with Crippen LogP contribution in [0.3, 0.4) is 0 Å². The van der Waals surface area contributed by atoms with Crippen molar-refractivity contribution in [3.05, 3.63) is 12.2 Å². The molecular formula is C11H23NS. The maximum atomic E-state index is 3.96. The summed E-state index contributed by atoms with van der Waals surface area (Å²) in [5.74, 6) is 2.49. The molecule has 0 aromatic heterocycles. The summed E-state index contributed by atoms with van der Waals surface area (Å²) < 4.78 is 0. The van der Waals surface area contributed by atoms with Gasteiger partial charge in [0.15, 0.2) is 0 Å². The molecule has 13 heavy (non-hydrogen) atoms. The van der Waals surface area contributed by atoms with Gasteiger partial charge in [-0.3, -0.25) is 0 Å². The molecule has 0 radical (unpaired) electrons. The molecule has 0 saturated heterocycles. The van der Waals surface area contributed by atoms with Crippen molar-refractivity contribution >= 4 is 11.8 Å². The maximum absolute atomic E-state index is 3.96. The van der Waals surface area contributed by atoms with Gasteiger partial charge in [0, 0.05) is 11.8 Å². The first-order chi connectivity index (χ1) is 6.20. The molecule has 1 nitrogen and oxygen atoms in total. The Morgan fingerprint density at radius 2 is 2.15 bits per heavy atom. The van der Waals surface area contributed by atoms with Gasteiger partial charge in [-0.2, -0.15) is 11.8 Å². The first-order valence-corrected chi connectivity index (χ1v) is 6.31. The highest BCUT2D eigenvalue weighted by Crippen LogP contribution is 2.10. The lowest BCUT2D eigenvalue weighted by molar-refractivity contribution is 0.571. The Balaban J connectivity index is 3.59. The number of nitrogens with one attached hydrogen (secondary N) is 1. The van der Waals surface area contributed by atoms with Crippen LogP contribution in [-0.2, 0) is 0 Å². The van der Waals surface area contributed by atoms with Crippen LogP contribution < -0.4 is 5.32 Å². The predicted molar refractivity (Wildman–Crippen MR) is 64.5 cm³/mol. The van der Waals surface area contributed by atoms with Crippen LogP contribution in [0.5, 0.6) is 0 Å². The van der Waals surface area contributed by atoms with Gasteiger partial charge < -0.3 is 5.32 Å². The fraction of sp³-hybridized carbons (Fsp3) is 0.818. The monoisotopic (exact) mass is 201 g/mol. The average molecular weight is 201 g/mol. The van der Waals surface area contributed by atoms with Crippen molar-refractivity contribution in [3.63, 3.8) is 0 Å². The molecule has 0 bridgehead atoms. The number of hydrogen-bond acceptors (Lipinski definition) is 2. The molecule has 0 aromatic carbocycles. The third kappa shape index (κ3) is 8.38. The van der Waals surface area contributed by atoms with Crippen LogP contribution in [0.4, 0.5) is 0 Å². The Kier molecular flexibility index (Phi) is 8.67. The van der Waals surface area contributed by atoms with Gasteiger partial charge in [-0.05, 0) is 32.1 Å². The van der Waals surface area contributed by atoms with E-state index in [2.05, 4.69) is 32.7 Å². The molecule has 0 rings (SSSR count). The van der Waals surface area contributed by atoms with E-state index in [1.807, 2.05) is 11.8 Å². The van der Waals surface area contributed by atoms with Crippen molar-refractivity contribution in [2.24, 2.45) is 0 Å². The zero-order valence-corrected chi connectivity index (χ0v) is 10.0. The second-order valence-electron chi connectivity index (χ2n) is 3.49. The smallest absolute Gasteiger partial charge is 0.0195 e. The Morgan fingerprint density at radius 1 is 1.46 bits per heavy atom. The van der Waals surface area contributed by atoms with Crippen LogP contribution in [0.15, 0.2) is 12.2 Å². The van der Waals surface area contributed by atoms with Gasteiger partial charge in [0.2, 0.25) is 0 Å². The second-order valence-corrected chi connectivity index (χ2v) is 4.64. The van der Waals surface area contributed by atoms with E-state index < -0.39 is 0 Å². The minimum atomic E-state index is 0.624. The molecule has 0 aliphatic rings. The van der Waals surface area contributed by atoms with Gasteiger partial charge in [-0.1, -0.05) is 19.4 Å². The van der Waals surface area contributed by atoms with Crippen molar-refractivity contribution in [3.8, 4) is 0 Å². The summed E-state index contributed by atoms with van der Waals surface area (Å²) in [6.45, 7) is 11.5. The van der Waals surface area contributed by atoms with Crippen LogP contribution in [0, 0.1) is 0 Å². The van der Waals surface area contributed by atoms with Gasteiger partial charge in [-0.25, -0.2) is 0 Å². The van der Waals surface area contributed by atoms with Crippen molar-refractivity contribution in [2.45, 2.75) is 39.7 Å². The van der Waals surface area contributed by atoms with Gasteiger partial charge >= 0.3 is 0 Å². The van der Waals surface area contributed by atoms with E-state index in [9.17, 15) is 0 Å². The second kappa shape index (κ2) is 8.64. The molecule has 0 heterocycles. The largest absolute Gasteiger partial charge is 0.313 e. The molecule has 0 spiro atoms. The molecule has 78 valence electrons. The molecule has 1 atom stereocenters. The first kappa shape index (κ1) is 13.1. The van der Waals surface area contributed by atoms with Crippen molar-refractivity contribution in [1.29, 1.82) is 0 Å². The van der Waals surface area contributed by atoms with E-state index in [0.29, 0.717) is 6.04 Å². The molecule has 0 aromatic rings. The molecule has 0 aliphatic heterocycles. The summed E-state index contributed by atoms with van der Waals surface area (Å²) in [5, 5.41) is 3.49. The number of hydrogen-bond donors (Lipinski definition) is 1. The summed E-state index contributed by atoms with van der Waals surface area (Å²) in [5.41, 5.74) is 1.28. The quantitative estimate of drug-likeness (QED) is 0.478. The van der Waals surface area contributed by atoms with E-state index in [4.69, 9.17) is 0 Å². The van der Waals surface area contributed by atoms with E-state index in [0.717, 1.165) is 13.0 Å². The van der Waals surface area contributed by atoms with E-state index in [1.54, 1.807) is 0 Å². The topological polar surface area (TPSA) is 12.0 Å². The fourth-order valence-corrected chi connectivity index (χ4v) is 2.24. The van der Waals surface area contributed by atoms with Crippen LogP contribution in [0.2, 0.25) is 0 Å². The van der Waals surface area contributed by atoms with Gasteiger partial charge in [0.05, 0.1) is 0 Å². The highest BCUT2D eigenvalue weighted by Gasteiger charge is 2.06. The fourth-order valence-electron chi connectivity index (χ4n) is 1.27. The number of rotatable bonds is 8. The van der Waals surface area contributed by atoms with Crippen LogP contribution in [0.1, 0.15) is 33.6 Å². The Hall–Kier alpha value is 0.0500. The standard InChI is InChI=1S/C11H23NS/c1-5-7-13-9-11(12-6-2)8-10(3)4/h11-12H,3,5-9H2,1-2,4H3. The summed E-state index contributed by atoms with van der Waals surface area (Å²) in [7, 11) is 0. The van der Waals surface area contributed by atoms with Crippen LogP contribution >= 0.6 is 11.8 Å². The molecule has 1 N–H and O–H groups in total. The molecular weight excluding hydrogens is 178 g/mol. The minimum absolute atomic E-state index is 0.624. The Morgan fingerprint density at radius 3 is 2.62 bits per heavy atom. The molecule has 2 heteroatoms. The van der Waals surface area contributed by atoms with Crippen molar-refractivity contribution in [1.82, 2.24) is 5.32 Å². The molecule has 0 saturated carbocycles. The van der Waals surface area contributed by atoms with Gasteiger partial charge in [0.25, 0.3) is 0 Å². The molecule has 1 unspecified atom stereocenters. The average Bonchev–Trinajstić information content (AvgIpc) is 2.04. The van der Waals surface area contributed by atoms with E-state index >= 15 is 0 Å². The molecule has 0 aliphatic carbocycles. The van der Waals surface area contributed by atoms with Crippen molar-refractivity contribution < 1.29 is 0 Å². The number of thioether (sulfide) groups is 1. The lowest BCUT2D eigenvalue weighted by Crippen LogP contribution is -2.31. The summed E-state index contributed by atoms with van der Waals surface area (Å²) in [4.78, 5) is 0. The van der Waals surface area contributed by atoms with Crippen molar-refractivity contribution in [2.75, 3.05) is 18.1 Å². The normalized spacial score (nSPS) is 12.8. The third-order valence-corrected chi connectivity index (χ3v) is 3.09. The van der Waals surface area contributed by atoms with Gasteiger partial charge in [-0.15, -0.1) is 6.58 Å². The minimum Gasteiger partial charge on any atom is -0.313 e. The molecule has 0 amide bonds. The summed E-state index contributed by atoms with van der Waals surface area (Å²) >= 11 is 2.04. The lowest BCUT2D eigenvalue weighted by Gasteiger charge is -2.17. The van der Waals surface area contributed by atoms with E-state index in [-0.39, 0.29) is 0 Å². The first-order valence-electron chi connectivity index (χ1n) is 5.16. The molecule has 0 fully saturated rings. The predicted octanol–water partition coefficient (Wildman–Crippen LogP) is 3.07. The highest BCUT2D eigenvalue weighted by atomic mass is 32.2. The summed E-state index contributed by atoms with van der Waals surface area (Å²) in [6.07, 6.45) is 2.39. The zero-order valence-electron chi connectivity index (χ0n) is 9.23.